The Balaban J connectivity index is 1.72. The Morgan fingerprint density at radius 3 is 1.63 bits per heavy atom. The van der Waals surface area contributed by atoms with Crippen LogP contribution >= 0.6 is 9.24 Å². The molecule has 0 aliphatic carbocycles. The van der Waals surface area contributed by atoms with E-state index in [9.17, 15) is 55.4 Å². The van der Waals surface area contributed by atoms with Crippen molar-refractivity contribution >= 4 is 44.5 Å². The second kappa shape index (κ2) is 10.5. The van der Waals surface area contributed by atoms with Crippen LogP contribution in [-0.2, 0) is 10.8 Å². The van der Waals surface area contributed by atoms with E-state index in [-0.39, 0.29) is 16.8 Å². The van der Waals surface area contributed by atoms with Crippen LogP contribution in [0.25, 0.3) is 0 Å². The molecule has 0 radical (unpaired) electrons. The molecular weight excluding hydrogens is 641 g/mol. The number of carbonyl (C=O) groups excluding carboxylic acids is 4. The van der Waals surface area contributed by atoms with E-state index < -0.39 is 80.6 Å². The lowest BCUT2D eigenvalue weighted by atomic mass is 9.71. The van der Waals surface area contributed by atoms with Gasteiger partial charge in [0.15, 0.2) is 0 Å². The average Bonchev–Trinajstić information content (AvgIpc) is 3.34. The first kappa shape index (κ1) is 32.8. The van der Waals surface area contributed by atoms with E-state index in [0.29, 0.717) is 57.9 Å². The van der Waals surface area contributed by atoms with Crippen LogP contribution in [0.4, 0.5) is 32.0 Å². The van der Waals surface area contributed by atoms with Crippen LogP contribution in [0.1, 0.15) is 82.3 Å². The molecule has 2 aliphatic heterocycles. The molecule has 1 unspecified atom stereocenters. The maximum Gasteiger partial charge on any atom is 0.411 e. The fourth-order valence-corrected chi connectivity index (χ4v) is 5.89. The molecule has 5 rings (SSSR count). The van der Waals surface area contributed by atoms with Crippen LogP contribution in [0.15, 0.2) is 54.6 Å². The first-order valence-corrected chi connectivity index (χ1v) is 14.2. The molecule has 2 aliphatic rings. The van der Waals surface area contributed by atoms with Crippen molar-refractivity contribution in [1.29, 1.82) is 0 Å². The number of rotatable bonds is 6. The smallest absolute Gasteiger partial charge is 0.411 e. The highest BCUT2D eigenvalue weighted by Crippen LogP contribution is 2.57. The Morgan fingerprint density at radius 1 is 0.696 bits per heavy atom. The second-order valence-electron chi connectivity index (χ2n) is 11.5. The van der Waals surface area contributed by atoms with Crippen LogP contribution in [0.2, 0.25) is 0 Å². The zero-order valence-corrected chi connectivity index (χ0v) is 25.3. The topological polar surface area (TPSA) is 112 Å². The highest BCUT2D eigenvalue weighted by molar-refractivity contribution is 7.16. The number of alkyl halides is 6. The van der Waals surface area contributed by atoms with E-state index in [2.05, 4.69) is 9.24 Å². The summed E-state index contributed by atoms with van der Waals surface area (Å²) >= 11 is 0. The van der Waals surface area contributed by atoms with Gasteiger partial charge < -0.3 is 5.11 Å². The molecule has 8 nitrogen and oxygen atoms in total. The maximum atomic E-state index is 14.9. The van der Waals surface area contributed by atoms with E-state index in [0.717, 1.165) is 13.1 Å². The van der Waals surface area contributed by atoms with Gasteiger partial charge >= 0.3 is 18.3 Å². The molecule has 0 bridgehead atoms. The highest BCUT2D eigenvalue weighted by Gasteiger charge is 2.73. The number of nitrogens with zero attached hydrogens (tertiary/aromatic N) is 2. The minimum Gasteiger partial charge on any atom is -0.478 e. The molecule has 1 N–H and O–H groups in total. The number of hydrogen-bond acceptors (Lipinski definition) is 5. The Morgan fingerprint density at radius 2 is 1.15 bits per heavy atom. The third-order valence-electron chi connectivity index (χ3n) is 8.41. The van der Waals surface area contributed by atoms with Crippen molar-refractivity contribution < 1.29 is 55.4 Å². The van der Waals surface area contributed by atoms with E-state index in [4.69, 9.17) is 0 Å². The van der Waals surface area contributed by atoms with Gasteiger partial charge in [-0.1, -0.05) is 26.0 Å². The van der Waals surface area contributed by atoms with Gasteiger partial charge in [0.25, 0.3) is 23.6 Å². The fourth-order valence-electron chi connectivity index (χ4n) is 5.66. The quantitative estimate of drug-likeness (QED) is 0.197. The third-order valence-corrected chi connectivity index (χ3v) is 9.43. The Labute approximate surface area is 259 Å². The van der Waals surface area contributed by atoms with E-state index in [1.165, 1.54) is 12.1 Å². The van der Waals surface area contributed by atoms with Crippen LogP contribution in [0.3, 0.4) is 0 Å². The van der Waals surface area contributed by atoms with Crippen molar-refractivity contribution in [3.05, 3.63) is 99.1 Å². The summed E-state index contributed by atoms with van der Waals surface area (Å²) in [4.78, 5) is 64.7. The van der Waals surface area contributed by atoms with Gasteiger partial charge in [0.1, 0.15) is 0 Å². The first-order chi connectivity index (χ1) is 21.2. The van der Waals surface area contributed by atoms with Crippen molar-refractivity contribution in [1.82, 2.24) is 4.90 Å². The number of carboxylic acids is 1. The molecule has 2 heterocycles. The minimum absolute atomic E-state index is 0.238. The Bertz CT molecular complexity index is 1870. The predicted molar refractivity (Wildman–Crippen MR) is 154 cm³/mol. The largest absolute Gasteiger partial charge is 0.478 e. The number of fused-ring (bicyclic) bond motifs is 2. The predicted octanol–water partition coefficient (Wildman–Crippen LogP) is 5.97. The zero-order chi connectivity index (χ0) is 34.3. The summed E-state index contributed by atoms with van der Waals surface area (Å²) in [5.74, 6) is -5.76. The lowest BCUT2D eigenvalue weighted by Crippen LogP contribution is -2.55. The van der Waals surface area contributed by atoms with Crippen molar-refractivity contribution in [2.75, 3.05) is 18.1 Å². The molecule has 4 amide bonds. The Kier molecular flexibility index (Phi) is 7.47. The fraction of sp³-hybridized carbons (Fsp3) is 0.258. The first-order valence-electron chi connectivity index (χ1n) is 13.4. The molecule has 0 aromatic heterocycles. The molecule has 46 heavy (non-hydrogen) atoms. The average molecular weight is 664 g/mol. The normalized spacial score (nSPS) is 15.5. The van der Waals surface area contributed by atoms with Crippen molar-refractivity contribution in [3.63, 3.8) is 0 Å². The molecule has 0 saturated carbocycles. The lowest BCUT2D eigenvalue weighted by molar-refractivity contribution is -0.288. The van der Waals surface area contributed by atoms with Gasteiger partial charge in [-0.3, -0.25) is 24.1 Å². The summed E-state index contributed by atoms with van der Waals surface area (Å²) < 4.78 is 89.5. The number of benzene rings is 3. The lowest BCUT2D eigenvalue weighted by Gasteiger charge is -2.38. The number of halogens is 6. The summed E-state index contributed by atoms with van der Waals surface area (Å²) in [6.45, 7) is 3.52. The van der Waals surface area contributed by atoms with Crippen LogP contribution in [0.5, 0.6) is 0 Å². The van der Waals surface area contributed by atoms with Gasteiger partial charge in [-0.2, -0.15) is 26.3 Å². The van der Waals surface area contributed by atoms with Gasteiger partial charge in [0, 0.05) is 7.05 Å². The second-order valence-corrected chi connectivity index (χ2v) is 12.0. The van der Waals surface area contributed by atoms with Crippen LogP contribution in [0, 0.1) is 0 Å². The number of carboxylic acid groups (broad SMARTS) is 1. The molecule has 0 spiro atoms. The molecule has 240 valence electrons. The molecule has 3 aromatic rings. The molecule has 0 saturated heterocycles. The standard InChI is InChI=1S/C31H23F6N2O6P/c1-28(2,13-46)17-8-14(27(44)45)9-18(10-17)39-25(42)20-7-5-16(12-22(20)26(39)43)29(30(32,33)34,31(35,36)37)15-4-6-19-21(11-15)24(41)38(3)23(19)40/h4-12H,13,46H2,1-3H3,(H,44,45). The highest BCUT2D eigenvalue weighted by atomic mass is 31.0. The summed E-state index contributed by atoms with van der Waals surface area (Å²) in [7, 11) is 3.51. The van der Waals surface area contributed by atoms with Gasteiger partial charge in [-0.15, -0.1) is 9.24 Å². The summed E-state index contributed by atoms with van der Waals surface area (Å²) in [5.41, 5.74) is -10.8. The molecule has 1 atom stereocenters. The summed E-state index contributed by atoms with van der Waals surface area (Å²) in [5, 5.41) is 9.66. The molecule has 15 heteroatoms. The van der Waals surface area contributed by atoms with Gasteiger partial charge in [0.2, 0.25) is 5.41 Å². The minimum atomic E-state index is -6.11. The SMILES string of the molecule is CN1C(=O)c2ccc(C(c3ccc4c(c3)C(=O)N(c3cc(C(=O)O)cc(C(C)(C)CP)c3)C4=O)(C(F)(F)F)C(F)(F)F)cc2C1=O. The maximum absolute atomic E-state index is 14.9. The van der Waals surface area contributed by atoms with E-state index in [1.54, 1.807) is 13.8 Å². The monoisotopic (exact) mass is 664 g/mol. The van der Waals surface area contributed by atoms with Gasteiger partial charge in [-0.05, 0) is 70.7 Å². The number of amides is 4. The van der Waals surface area contributed by atoms with Crippen LogP contribution in [-0.4, -0.2) is 65.2 Å². The van der Waals surface area contributed by atoms with Crippen molar-refractivity contribution in [3.8, 4) is 0 Å². The number of hydrogen-bond donors (Lipinski definition) is 1. The van der Waals surface area contributed by atoms with Crippen molar-refractivity contribution in [2.45, 2.75) is 37.0 Å². The number of carbonyl (C=O) groups is 5. The third kappa shape index (κ3) is 4.60. The molecule has 0 fully saturated rings. The summed E-state index contributed by atoms with van der Waals surface area (Å²) in [6.07, 6.45) is -11.8. The van der Waals surface area contributed by atoms with Gasteiger partial charge in [0.05, 0.1) is 33.5 Å². The van der Waals surface area contributed by atoms with Gasteiger partial charge in [-0.25, -0.2) is 9.69 Å². The number of aromatic carboxylic acids is 1. The van der Waals surface area contributed by atoms with Crippen LogP contribution < -0.4 is 4.90 Å². The number of anilines is 1. The molecular formula is C31H23F6N2O6P. The van der Waals surface area contributed by atoms with E-state index in [1.807, 2.05) is 0 Å². The Hall–Kier alpha value is -4.58. The number of imide groups is 2. The van der Waals surface area contributed by atoms with E-state index >= 15 is 0 Å². The van der Waals surface area contributed by atoms with Crippen molar-refractivity contribution in [2.24, 2.45) is 0 Å². The summed E-state index contributed by atoms with van der Waals surface area (Å²) in [6, 6.07) is 6.63. The zero-order valence-electron chi connectivity index (χ0n) is 24.1. The molecule has 3 aromatic carbocycles.